The Hall–Kier alpha value is -2.64. The van der Waals surface area contributed by atoms with Crippen molar-refractivity contribution in [3.8, 4) is 0 Å². The standard InChI is InChI=1S/C18H24N6O2/c1-12-8-15(22-21-12)18(26)23-6-5-16-13(10-23)2-3-17(25)24(16)7-4-14-9-19-11-20-14/h8-9,11,13,16H,2-7,10H2,1H3,(H,19,20)(H,21,22)/t13-,16+/m0/s1. The highest BCUT2D eigenvalue weighted by molar-refractivity contribution is 5.92. The van der Waals surface area contributed by atoms with Gasteiger partial charge in [0.1, 0.15) is 5.69 Å². The number of carbonyl (C=O) groups is 2. The summed E-state index contributed by atoms with van der Waals surface area (Å²) in [5.41, 5.74) is 2.40. The molecule has 0 aromatic carbocycles. The number of fused-ring (bicyclic) bond motifs is 1. The van der Waals surface area contributed by atoms with Crippen molar-refractivity contribution < 1.29 is 9.59 Å². The molecule has 2 aliphatic heterocycles. The number of carbonyl (C=O) groups excluding carboxylic acids is 2. The van der Waals surface area contributed by atoms with Crippen LogP contribution in [0.15, 0.2) is 18.6 Å². The third-order valence-corrected chi connectivity index (χ3v) is 5.53. The summed E-state index contributed by atoms with van der Waals surface area (Å²) in [5, 5.41) is 6.92. The summed E-state index contributed by atoms with van der Waals surface area (Å²) < 4.78 is 0. The van der Waals surface area contributed by atoms with E-state index in [1.807, 2.05) is 16.7 Å². The fourth-order valence-electron chi connectivity index (χ4n) is 4.18. The molecule has 4 heterocycles. The van der Waals surface area contributed by atoms with Crippen LogP contribution in [0.25, 0.3) is 0 Å². The van der Waals surface area contributed by atoms with Gasteiger partial charge in [-0.1, -0.05) is 0 Å². The van der Waals surface area contributed by atoms with Crippen LogP contribution >= 0.6 is 0 Å². The average Bonchev–Trinajstić information content (AvgIpc) is 3.31. The highest BCUT2D eigenvalue weighted by Crippen LogP contribution is 2.32. The predicted molar refractivity (Wildman–Crippen MR) is 94.4 cm³/mol. The van der Waals surface area contributed by atoms with Crippen molar-refractivity contribution >= 4 is 11.8 Å². The maximum atomic E-state index is 12.7. The van der Waals surface area contributed by atoms with E-state index in [0.717, 1.165) is 30.7 Å². The number of nitrogens with one attached hydrogen (secondary N) is 2. The van der Waals surface area contributed by atoms with E-state index in [4.69, 9.17) is 0 Å². The topological polar surface area (TPSA) is 98.0 Å². The van der Waals surface area contributed by atoms with E-state index in [1.165, 1.54) is 0 Å². The van der Waals surface area contributed by atoms with E-state index in [0.29, 0.717) is 37.7 Å². The molecule has 0 radical (unpaired) electrons. The smallest absolute Gasteiger partial charge is 0.274 e. The van der Waals surface area contributed by atoms with Gasteiger partial charge in [-0.2, -0.15) is 5.10 Å². The van der Waals surface area contributed by atoms with E-state index in [2.05, 4.69) is 20.2 Å². The molecule has 2 aromatic heterocycles. The number of aromatic nitrogens is 4. The summed E-state index contributed by atoms with van der Waals surface area (Å²) in [6, 6.07) is 2.01. The number of rotatable bonds is 4. The SMILES string of the molecule is Cc1cc(C(=O)N2CC[C@@H]3[C@@H](CCC(=O)N3CCc3cnc[nH]3)C2)n[nH]1. The van der Waals surface area contributed by atoms with Crippen LogP contribution in [0.5, 0.6) is 0 Å². The molecule has 0 saturated carbocycles. The average molecular weight is 356 g/mol. The van der Waals surface area contributed by atoms with Crippen molar-refractivity contribution in [3.05, 3.63) is 35.7 Å². The first-order valence-electron chi connectivity index (χ1n) is 9.20. The van der Waals surface area contributed by atoms with Crippen LogP contribution in [0.1, 0.15) is 41.1 Å². The van der Waals surface area contributed by atoms with E-state index in [-0.39, 0.29) is 17.9 Å². The van der Waals surface area contributed by atoms with Crippen LogP contribution in [0.3, 0.4) is 0 Å². The van der Waals surface area contributed by atoms with Crippen molar-refractivity contribution in [1.82, 2.24) is 30.0 Å². The second-order valence-electron chi connectivity index (χ2n) is 7.26. The lowest BCUT2D eigenvalue weighted by atomic mass is 9.83. The van der Waals surface area contributed by atoms with E-state index < -0.39 is 0 Å². The van der Waals surface area contributed by atoms with Gasteiger partial charge in [-0.3, -0.25) is 14.7 Å². The van der Waals surface area contributed by atoms with E-state index >= 15 is 0 Å². The Morgan fingerprint density at radius 2 is 2.27 bits per heavy atom. The first-order chi connectivity index (χ1) is 12.6. The fraction of sp³-hybridized carbons (Fsp3) is 0.556. The van der Waals surface area contributed by atoms with Crippen molar-refractivity contribution in [2.24, 2.45) is 5.92 Å². The minimum atomic E-state index is -0.0197. The molecule has 0 unspecified atom stereocenters. The summed E-state index contributed by atoms with van der Waals surface area (Å²) in [7, 11) is 0. The quantitative estimate of drug-likeness (QED) is 0.858. The van der Waals surface area contributed by atoms with Crippen LogP contribution in [-0.2, 0) is 11.2 Å². The molecular weight excluding hydrogens is 332 g/mol. The van der Waals surface area contributed by atoms with Crippen molar-refractivity contribution in [3.63, 3.8) is 0 Å². The Kier molecular flexibility index (Phi) is 4.48. The summed E-state index contributed by atoms with van der Waals surface area (Å²) in [4.78, 5) is 36.2. The monoisotopic (exact) mass is 356 g/mol. The second kappa shape index (κ2) is 6.93. The molecule has 138 valence electrons. The van der Waals surface area contributed by atoms with Gasteiger partial charge in [-0.25, -0.2) is 4.98 Å². The molecule has 2 fully saturated rings. The minimum Gasteiger partial charge on any atom is -0.348 e. The van der Waals surface area contributed by atoms with Gasteiger partial charge in [0.2, 0.25) is 5.91 Å². The Morgan fingerprint density at radius 3 is 3.00 bits per heavy atom. The van der Waals surface area contributed by atoms with Crippen molar-refractivity contribution in [1.29, 1.82) is 0 Å². The highest BCUT2D eigenvalue weighted by atomic mass is 16.2. The normalized spacial score (nSPS) is 23.2. The Bertz CT molecular complexity index is 783. The van der Waals surface area contributed by atoms with Crippen molar-refractivity contribution in [2.75, 3.05) is 19.6 Å². The molecule has 2 amide bonds. The largest absolute Gasteiger partial charge is 0.348 e. The van der Waals surface area contributed by atoms with Crippen LogP contribution < -0.4 is 0 Å². The molecule has 0 aliphatic carbocycles. The number of aromatic amines is 2. The maximum Gasteiger partial charge on any atom is 0.274 e. The van der Waals surface area contributed by atoms with Gasteiger partial charge in [-0.05, 0) is 31.7 Å². The third kappa shape index (κ3) is 3.23. The van der Waals surface area contributed by atoms with Crippen LogP contribution in [0, 0.1) is 12.8 Å². The zero-order valence-electron chi connectivity index (χ0n) is 14.9. The zero-order chi connectivity index (χ0) is 18.1. The maximum absolute atomic E-state index is 12.7. The lowest BCUT2D eigenvalue weighted by molar-refractivity contribution is -0.140. The lowest BCUT2D eigenvalue weighted by Crippen LogP contribution is -2.57. The molecule has 4 rings (SSSR count). The van der Waals surface area contributed by atoms with E-state index in [1.54, 1.807) is 18.6 Å². The molecule has 2 aromatic rings. The second-order valence-corrected chi connectivity index (χ2v) is 7.26. The number of hydrogen-bond donors (Lipinski definition) is 2. The lowest BCUT2D eigenvalue weighted by Gasteiger charge is -2.47. The molecule has 0 spiro atoms. The van der Waals surface area contributed by atoms with Crippen molar-refractivity contribution in [2.45, 2.75) is 38.6 Å². The van der Waals surface area contributed by atoms with Gasteiger partial charge in [0.15, 0.2) is 0 Å². The number of likely N-dealkylation sites (tertiary alicyclic amines) is 2. The van der Waals surface area contributed by atoms with Crippen LogP contribution in [0.4, 0.5) is 0 Å². The van der Waals surface area contributed by atoms with Gasteiger partial charge < -0.3 is 14.8 Å². The molecule has 2 atom stereocenters. The molecule has 26 heavy (non-hydrogen) atoms. The Labute approximate surface area is 152 Å². The molecule has 2 N–H and O–H groups in total. The summed E-state index contributed by atoms with van der Waals surface area (Å²) in [6.45, 7) is 3.96. The number of hydrogen-bond acceptors (Lipinski definition) is 4. The number of nitrogens with zero attached hydrogens (tertiary/aromatic N) is 4. The van der Waals surface area contributed by atoms with E-state index in [9.17, 15) is 9.59 Å². The number of imidazole rings is 1. The van der Waals surface area contributed by atoms with Gasteiger partial charge in [0.05, 0.1) is 6.33 Å². The Morgan fingerprint density at radius 1 is 1.38 bits per heavy atom. The van der Waals surface area contributed by atoms with Crippen LogP contribution in [-0.4, -0.2) is 67.5 Å². The molecule has 8 heteroatoms. The number of aryl methyl sites for hydroxylation is 1. The molecule has 0 bridgehead atoms. The number of H-pyrrole nitrogens is 2. The summed E-state index contributed by atoms with van der Waals surface area (Å²) in [5.74, 6) is 0.550. The summed E-state index contributed by atoms with van der Waals surface area (Å²) in [6.07, 6.45) is 6.50. The van der Waals surface area contributed by atoms with Gasteiger partial charge in [0, 0.05) is 56.1 Å². The first kappa shape index (κ1) is 16.8. The van der Waals surface area contributed by atoms with Gasteiger partial charge in [0.25, 0.3) is 5.91 Å². The highest BCUT2D eigenvalue weighted by Gasteiger charge is 2.40. The molecule has 2 saturated heterocycles. The molecule has 8 nitrogen and oxygen atoms in total. The zero-order valence-corrected chi connectivity index (χ0v) is 14.9. The van der Waals surface area contributed by atoms with Crippen LogP contribution in [0.2, 0.25) is 0 Å². The number of piperidine rings is 2. The Balaban J connectivity index is 1.41. The molecule has 2 aliphatic rings. The van der Waals surface area contributed by atoms with Gasteiger partial charge in [-0.15, -0.1) is 0 Å². The van der Waals surface area contributed by atoms with Gasteiger partial charge >= 0.3 is 0 Å². The third-order valence-electron chi connectivity index (χ3n) is 5.53. The predicted octanol–water partition coefficient (Wildman–Crippen LogP) is 1.14. The fourth-order valence-corrected chi connectivity index (χ4v) is 4.18. The molecular formula is C18H24N6O2. The summed E-state index contributed by atoms with van der Waals surface area (Å²) >= 11 is 0. The first-order valence-corrected chi connectivity index (χ1v) is 9.20. The minimum absolute atomic E-state index is 0.0197. The number of amides is 2.